The Morgan fingerprint density at radius 3 is 1.97 bits per heavy atom. The van der Waals surface area contributed by atoms with Crippen LogP contribution in [0, 0.1) is 20.8 Å². The van der Waals surface area contributed by atoms with E-state index in [0.717, 1.165) is 22.3 Å². The lowest BCUT2D eigenvalue weighted by Gasteiger charge is -2.24. The van der Waals surface area contributed by atoms with Gasteiger partial charge in [0.25, 0.3) is 0 Å². The van der Waals surface area contributed by atoms with Gasteiger partial charge in [0.1, 0.15) is 12.2 Å². The minimum absolute atomic E-state index is 0.0456. The highest BCUT2D eigenvalue weighted by Gasteiger charge is 2.30. The third-order valence-corrected chi connectivity index (χ3v) is 6.48. The molecule has 4 rings (SSSR count). The number of rotatable bonds is 4. The van der Waals surface area contributed by atoms with E-state index < -0.39 is 17.7 Å². The molecule has 3 aromatic carbocycles. The first-order valence-corrected chi connectivity index (χ1v) is 11.7. The summed E-state index contributed by atoms with van der Waals surface area (Å²) in [5.74, 6) is -0.523. The molecule has 3 N–H and O–H groups in total. The lowest BCUT2D eigenvalue weighted by molar-refractivity contribution is 0.00679. The number of esters is 1. The number of amides is 1. The van der Waals surface area contributed by atoms with E-state index in [1.54, 1.807) is 13.8 Å². The highest BCUT2D eigenvalue weighted by molar-refractivity contribution is 6.00. The quantitative estimate of drug-likeness (QED) is 0.334. The molecule has 0 radical (unpaired) electrons. The molecule has 0 heterocycles. The van der Waals surface area contributed by atoms with Gasteiger partial charge in [0.15, 0.2) is 0 Å². The van der Waals surface area contributed by atoms with Crippen LogP contribution in [0.5, 0.6) is 0 Å². The zero-order valence-electron chi connectivity index (χ0n) is 21.1. The highest BCUT2D eigenvalue weighted by atomic mass is 16.6. The molecule has 0 fully saturated rings. The van der Waals surface area contributed by atoms with Crippen molar-refractivity contribution >= 4 is 23.4 Å². The minimum atomic E-state index is -0.657. The van der Waals surface area contributed by atoms with Crippen LogP contribution >= 0.6 is 0 Å². The Hall–Kier alpha value is -3.80. The average molecular weight is 473 g/mol. The smallest absolute Gasteiger partial charge is 0.411 e. The van der Waals surface area contributed by atoms with Crippen LogP contribution in [-0.4, -0.2) is 24.3 Å². The summed E-state index contributed by atoms with van der Waals surface area (Å²) >= 11 is 0. The van der Waals surface area contributed by atoms with E-state index in [4.69, 9.17) is 15.2 Å². The lowest BCUT2D eigenvalue weighted by Crippen LogP contribution is -2.26. The van der Waals surface area contributed by atoms with E-state index in [0.29, 0.717) is 33.6 Å². The van der Waals surface area contributed by atoms with E-state index in [1.165, 1.54) is 0 Å². The molecule has 0 unspecified atom stereocenters. The molecule has 0 spiro atoms. The van der Waals surface area contributed by atoms with Gasteiger partial charge in [-0.1, -0.05) is 48.5 Å². The van der Waals surface area contributed by atoms with Crippen molar-refractivity contribution in [3.63, 3.8) is 0 Å². The van der Waals surface area contributed by atoms with Crippen LogP contribution in [0.3, 0.4) is 0 Å². The van der Waals surface area contributed by atoms with Crippen LogP contribution in [0.25, 0.3) is 11.1 Å². The average Bonchev–Trinajstić information content (AvgIpc) is 3.12. The van der Waals surface area contributed by atoms with Gasteiger partial charge in [-0.3, -0.25) is 5.32 Å². The molecule has 1 aliphatic carbocycles. The van der Waals surface area contributed by atoms with E-state index in [-0.39, 0.29) is 12.5 Å². The number of fused-ring (bicyclic) bond motifs is 3. The lowest BCUT2D eigenvalue weighted by atomic mass is 9.94. The SMILES string of the molecule is Cc1c(N)c(C)c(C(=O)OC(C)(C)C)c(C)c1NC(=O)OCC1c2ccccc2-c2ccccc21. The maximum atomic E-state index is 12.9. The second kappa shape index (κ2) is 9.10. The standard InChI is InChI=1S/C29H32N2O4/c1-16-24(27(32)35-29(4,5)6)17(2)26(18(3)25(16)30)31-28(33)34-15-23-21-13-9-7-11-19(21)20-12-8-10-14-22(20)23/h7-14,23H,15,30H2,1-6H3,(H,31,33). The van der Waals surface area contributed by atoms with Crippen molar-refractivity contribution in [2.75, 3.05) is 17.7 Å². The van der Waals surface area contributed by atoms with Crippen molar-refractivity contribution in [2.45, 2.75) is 53.1 Å². The molecule has 6 nitrogen and oxygen atoms in total. The number of ether oxygens (including phenoxy) is 2. The molecule has 0 saturated heterocycles. The van der Waals surface area contributed by atoms with Crippen LogP contribution in [0.2, 0.25) is 0 Å². The van der Waals surface area contributed by atoms with Gasteiger partial charge in [0.2, 0.25) is 0 Å². The summed E-state index contributed by atoms with van der Waals surface area (Å²) in [6.07, 6.45) is -0.601. The van der Waals surface area contributed by atoms with Gasteiger partial charge in [-0.05, 0) is 80.5 Å². The second-order valence-electron chi connectivity index (χ2n) is 9.99. The normalized spacial score (nSPS) is 12.6. The highest BCUT2D eigenvalue weighted by Crippen LogP contribution is 2.44. The third kappa shape index (κ3) is 4.61. The third-order valence-electron chi connectivity index (χ3n) is 6.48. The summed E-state index contributed by atoms with van der Waals surface area (Å²) in [4.78, 5) is 25.8. The number of carbonyl (C=O) groups is 2. The number of nitrogen functional groups attached to an aromatic ring is 1. The molecular weight excluding hydrogens is 440 g/mol. The molecule has 3 aromatic rings. The number of nitrogens with one attached hydrogen (secondary N) is 1. The van der Waals surface area contributed by atoms with Crippen LogP contribution < -0.4 is 11.1 Å². The molecule has 35 heavy (non-hydrogen) atoms. The Labute approximate surface area is 206 Å². The predicted molar refractivity (Wildman–Crippen MR) is 139 cm³/mol. The minimum Gasteiger partial charge on any atom is -0.456 e. The molecule has 0 saturated carbocycles. The molecule has 1 amide bonds. The maximum absolute atomic E-state index is 12.9. The number of hydrogen-bond donors (Lipinski definition) is 2. The van der Waals surface area contributed by atoms with E-state index in [9.17, 15) is 9.59 Å². The Morgan fingerprint density at radius 1 is 0.886 bits per heavy atom. The van der Waals surface area contributed by atoms with Gasteiger partial charge in [-0.25, -0.2) is 9.59 Å². The number of anilines is 2. The van der Waals surface area contributed by atoms with Gasteiger partial charge in [-0.15, -0.1) is 0 Å². The molecule has 0 bridgehead atoms. The zero-order valence-corrected chi connectivity index (χ0v) is 21.1. The Bertz CT molecular complexity index is 1280. The summed E-state index contributed by atoms with van der Waals surface area (Å²) in [6.45, 7) is 11.0. The fourth-order valence-electron chi connectivity index (χ4n) is 4.80. The Balaban J connectivity index is 1.57. The number of carbonyl (C=O) groups excluding carboxylic acids is 2. The second-order valence-corrected chi connectivity index (χ2v) is 9.99. The van der Waals surface area contributed by atoms with Crippen molar-refractivity contribution in [3.05, 3.63) is 81.9 Å². The van der Waals surface area contributed by atoms with Gasteiger partial charge in [0.05, 0.1) is 11.3 Å². The molecule has 0 atom stereocenters. The molecule has 0 aromatic heterocycles. The zero-order chi connectivity index (χ0) is 25.5. The van der Waals surface area contributed by atoms with Crippen molar-refractivity contribution < 1.29 is 19.1 Å². The number of benzene rings is 3. The number of nitrogens with two attached hydrogens (primary N) is 1. The van der Waals surface area contributed by atoms with Crippen LogP contribution in [0.15, 0.2) is 48.5 Å². The van der Waals surface area contributed by atoms with Crippen LogP contribution in [-0.2, 0) is 9.47 Å². The first kappa shape index (κ1) is 24.3. The fourth-order valence-corrected chi connectivity index (χ4v) is 4.80. The first-order chi connectivity index (χ1) is 16.5. The van der Waals surface area contributed by atoms with Crippen molar-refractivity contribution in [1.82, 2.24) is 0 Å². The molecule has 1 aliphatic rings. The summed E-state index contributed by atoms with van der Waals surface area (Å²) in [7, 11) is 0. The Morgan fingerprint density at radius 2 is 1.43 bits per heavy atom. The predicted octanol–water partition coefficient (Wildman–Crippen LogP) is 6.51. The summed E-state index contributed by atoms with van der Waals surface area (Å²) < 4.78 is 11.3. The molecular formula is C29H32N2O4. The van der Waals surface area contributed by atoms with Crippen LogP contribution in [0.4, 0.5) is 16.2 Å². The topological polar surface area (TPSA) is 90.7 Å². The molecule has 182 valence electrons. The Kier molecular flexibility index (Phi) is 6.32. The largest absolute Gasteiger partial charge is 0.456 e. The first-order valence-electron chi connectivity index (χ1n) is 11.7. The van der Waals surface area contributed by atoms with Crippen molar-refractivity contribution in [1.29, 1.82) is 0 Å². The van der Waals surface area contributed by atoms with E-state index >= 15 is 0 Å². The summed E-state index contributed by atoms with van der Waals surface area (Å²) in [5.41, 5.74) is 13.4. The van der Waals surface area contributed by atoms with Crippen LogP contribution in [0.1, 0.15) is 64.9 Å². The van der Waals surface area contributed by atoms with Crippen molar-refractivity contribution in [2.24, 2.45) is 0 Å². The van der Waals surface area contributed by atoms with E-state index in [2.05, 4.69) is 29.6 Å². The van der Waals surface area contributed by atoms with Crippen molar-refractivity contribution in [3.8, 4) is 11.1 Å². The molecule has 0 aliphatic heterocycles. The van der Waals surface area contributed by atoms with Gasteiger partial charge in [0, 0.05) is 11.6 Å². The fraction of sp³-hybridized carbons (Fsp3) is 0.310. The molecule has 6 heteroatoms. The summed E-state index contributed by atoms with van der Waals surface area (Å²) in [6, 6.07) is 16.4. The monoisotopic (exact) mass is 472 g/mol. The van der Waals surface area contributed by atoms with E-state index in [1.807, 2.05) is 52.0 Å². The number of hydrogen-bond acceptors (Lipinski definition) is 5. The summed E-state index contributed by atoms with van der Waals surface area (Å²) in [5, 5.41) is 2.83. The van der Waals surface area contributed by atoms with Gasteiger partial charge in [-0.2, -0.15) is 0 Å². The van der Waals surface area contributed by atoms with Gasteiger partial charge >= 0.3 is 12.1 Å². The maximum Gasteiger partial charge on any atom is 0.411 e. The van der Waals surface area contributed by atoms with Gasteiger partial charge < -0.3 is 15.2 Å².